The van der Waals surface area contributed by atoms with Crippen molar-refractivity contribution >= 4 is 12.6 Å². The molecule has 19 heavy (non-hydrogen) atoms. The molecule has 0 aromatic heterocycles. The maximum Gasteiger partial charge on any atom is 0.159 e. The molecule has 0 saturated carbocycles. The van der Waals surface area contributed by atoms with Crippen LogP contribution in [0.4, 0.5) is 8.78 Å². The summed E-state index contributed by atoms with van der Waals surface area (Å²) in [6.45, 7) is 0. The van der Waals surface area contributed by atoms with Crippen LogP contribution < -0.4 is 0 Å². The van der Waals surface area contributed by atoms with Crippen LogP contribution >= 0.6 is 0 Å². The second kappa shape index (κ2) is 7.00. The summed E-state index contributed by atoms with van der Waals surface area (Å²) in [6, 6.07) is 9.17. The smallest absolute Gasteiger partial charge is 0.159 e. The van der Waals surface area contributed by atoms with Crippen molar-refractivity contribution in [3.8, 4) is 5.75 Å². The lowest BCUT2D eigenvalue weighted by atomic mass is 10.2. The second-order valence-electron chi connectivity index (χ2n) is 3.50. The fraction of sp³-hybridized carbons (Fsp3) is 0. The summed E-state index contributed by atoms with van der Waals surface area (Å²) < 4.78 is 24.4. The Labute approximate surface area is 108 Å². The van der Waals surface area contributed by atoms with Gasteiger partial charge in [0, 0.05) is 11.1 Å². The molecule has 0 radical (unpaired) electrons. The Balaban J connectivity index is 0.000000191. The normalized spacial score (nSPS) is 9.16. The van der Waals surface area contributed by atoms with Gasteiger partial charge in [0.05, 0.1) is 0 Å². The zero-order valence-electron chi connectivity index (χ0n) is 9.72. The molecule has 1 N–H and O–H groups in total. The number of hydrogen-bond donors (Lipinski definition) is 1. The first-order chi connectivity index (χ1) is 9.06. The molecule has 0 fully saturated rings. The minimum atomic E-state index is -0.996. The van der Waals surface area contributed by atoms with Gasteiger partial charge in [0.25, 0.3) is 0 Å². The van der Waals surface area contributed by atoms with E-state index < -0.39 is 11.6 Å². The van der Waals surface area contributed by atoms with Gasteiger partial charge in [-0.05, 0) is 30.3 Å². The molecule has 5 heteroatoms. The van der Waals surface area contributed by atoms with Gasteiger partial charge in [-0.2, -0.15) is 0 Å². The molecule has 0 atom stereocenters. The van der Waals surface area contributed by atoms with E-state index in [0.717, 1.165) is 12.1 Å². The molecule has 0 aliphatic carbocycles. The number of phenolic OH excluding ortho intramolecular Hbond substituents is 1. The highest BCUT2D eigenvalue weighted by atomic mass is 19.2. The highest BCUT2D eigenvalue weighted by Crippen LogP contribution is 2.08. The molecule has 0 aliphatic rings. The third-order valence-electron chi connectivity index (χ3n) is 2.09. The number of carbonyl (C=O) groups is 2. The van der Waals surface area contributed by atoms with Gasteiger partial charge in [0.1, 0.15) is 18.3 Å². The average Bonchev–Trinajstić information content (AvgIpc) is 2.42. The van der Waals surface area contributed by atoms with Gasteiger partial charge in [-0.1, -0.05) is 12.1 Å². The summed E-state index contributed by atoms with van der Waals surface area (Å²) in [7, 11) is 0. The van der Waals surface area contributed by atoms with Crippen molar-refractivity contribution < 1.29 is 23.5 Å². The molecule has 98 valence electrons. The van der Waals surface area contributed by atoms with E-state index in [2.05, 4.69) is 0 Å². The van der Waals surface area contributed by atoms with Gasteiger partial charge < -0.3 is 5.11 Å². The maximum atomic E-state index is 12.2. The van der Waals surface area contributed by atoms with Crippen LogP contribution in [0.5, 0.6) is 5.75 Å². The zero-order chi connectivity index (χ0) is 14.3. The Kier molecular flexibility index (Phi) is 5.35. The van der Waals surface area contributed by atoms with Crippen molar-refractivity contribution in [1.82, 2.24) is 0 Å². The number of phenols is 1. The number of aldehydes is 2. The SMILES string of the molecule is O=Cc1ccc(F)c(F)c1.O=Cc1cccc(O)c1. The lowest BCUT2D eigenvalue weighted by Crippen LogP contribution is -1.86. The summed E-state index contributed by atoms with van der Waals surface area (Å²) in [5.74, 6) is -1.81. The number of carbonyl (C=O) groups excluding carboxylic acids is 2. The number of aromatic hydroxyl groups is 1. The maximum absolute atomic E-state index is 12.2. The Morgan fingerprint density at radius 2 is 1.47 bits per heavy atom. The standard InChI is InChI=1S/C7H4F2O.C7H6O2/c8-6-2-1-5(4-10)3-7(6)9;8-5-6-2-1-3-7(9)4-6/h1-4H;1-5,9H. The van der Waals surface area contributed by atoms with Crippen molar-refractivity contribution in [3.05, 3.63) is 65.2 Å². The Morgan fingerprint density at radius 1 is 0.842 bits per heavy atom. The monoisotopic (exact) mass is 264 g/mol. The summed E-state index contributed by atoms with van der Waals surface area (Å²) >= 11 is 0. The van der Waals surface area contributed by atoms with E-state index >= 15 is 0 Å². The molecule has 3 nitrogen and oxygen atoms in total. The van der Waals surface area contributed by atoms with Crippen molar-refractivity contribution in [2.75, 3.05) is 0 Å². The molecule has 0 unspecified atom stereocenters. The first kappa shape index (κ1) is 14.5. The molecule has 2 aromatic carbocycles. The van der Waals surface area contributed by atoms with Crippen molar-refractivity contribution in [2.45, 2.75) is 0 Å². The van der Waals surface area contributed by atoms with Gasteiger partial charge in [0.15, 0.2) is 11.6 Å². The van der Waals surface area contributed by atoms with Crippen molar-refractivity contribution in [2.24, 2.45) is 0 Å². The number of benzene rings is 2. The van der Waals surface area contributed by atoms with Gasteiger partial charge in [0.2, 0.25) is 0 Å². The first-order valence-electron chi connectivity index (χ1n) is 5.21. The minimum absolute atomic E-state index is 0.125. The van der Waals surface area contributed by atoms with Crippen molar-refractivity contribution in [1.29, 1.82) is 0 Å². The Bertz CT molecular complexity index is 583. The van der Waals surface area contributed by atoms with E-state index in [1.165, 1.54) is 18.2 Å². The molecule has 0 amide bonds. The molecule has 2 rings (SSSR count). The summed E-state index contributed by atoms with van der Waals surface area (Å²) in [4.78, 5) is 20.0. The van der Waals surface area contributed by atoms with E-state index in [1.807, 2.05) is 0 Å². The van der Waals surface area contributed by atoms with Gasteiger partial charge in [-0.15, -0.1) is 0 Å². The van der Waals surface area contributed by atoms with Crippen LogP contribution in [-0.4, -0.2) is 17.7 Å². The van der Waals surface area contributed by atoms with Crippen molar-refractivity contribution in [3.63, 3.8) is 0 Å². The number of halogens is 2. The third-order valence-corrected chi connectivity index (χ3v) is 2.09. The second-order valence-corrected chi connectivity index (χ2v) is 3.50. The zero-order valence-corrected chi connectivity index (χ0v) is 9.72. The molecule has 0 spiro atoms. The van der Waals surface area contributed by atoms with E-state index in [1.54, 1.807) is 12.1 Å². The molecule has 0 aliphatic heterocycles. The number of hydrogen-bond acceptors (Lipinski definition) is 3. The lowest BCUT2D eigenvalue weighted by Gasteiger charge is -1.91. The first-order valence-corrected chi connectivity index (χ1v) is 5.21. The Hall–Kier alpha value is -2.56. The predicted octanol–water partition coefficient (Wildman–Crippen LogP) is 2.98. The molecule has 0 heterocycles. The van der Waals surface area contributed by atoms with Crippen LogP contribution in [0.3, 0.4) is 0 Å². The molecular weight excluding hydrogens is 254 g/mol. The Morgan fingerprint density at radius 3 is 1.95 bits per heavy atom. The quantitative estimate of drug-likeness (QED) is 0.848. The largest absolute Gasteiger partial charge is 0.508 e. The van der Waals surface area contributed by atoms with E-state index in [0.29, 0.717) is 18.1 Å². The summed E-state index contributed by atoms with van der Waals surface area (Å²) in [5.41, 5.74) is 0.633. The fourth-order valence-electron chi connectivity index (χ4n) is 1.18. The molecular formula is C14H10F2O3. The molecule has 2 aromatic rings. The van der Waals surface area contributed by atoms with Crippen LogP contribution in [0, 0.1) is 11.6 Å². The van der Waals surface area contributed by atoms with Gasteiger partial charge >= 0.3 is 0 Å². The van der Waals surface area contributed by atoms with Crippen LogP contribution in [0.15, 0.2) is 42.5 Å². The van der Waals surface area contributed by atoms with E-state index in [9.17, 15) is 18.4 Å². The van der Waals surface area contributed by atoms with Crippen LogP contribution in [-0.2, 0) is 0 Å². The van der Waals surface area contributed by atoms with Crippen LogP contribution in [0.2, 0.25) is 0 Å². The van der Waals surface area contributed by atoms with Gasteiger partial charge in [-0.3, -0.25) is 9.59 Å². The third kappa shape index (κ3) is 4.67. The number of rotatable bonds is 2. The highest BCUT2D eigenvalue weighted by Gasteiger charge is 1.99. The van der Waals surface area contributed by atoms with Gasteiger partial charge in [-0.25, -0.2) is 8.78 Å². The van der Waals surface area contributed by atoms with E-state index in [4.69, 9.17) is 5.11 Å². The lowest BCUT2D eigenvalue weighted by molar-refractivity contribution is 0.111. The summed E-state index contributed by atoms with van der Waals surface area (Å²) in [5, 5.41) is 8.79. The summed E-state index contributed by atoms with van der Waals surface area (Å²) in [6.07, 6.45) is 1.15. The average molecular weight is 264 g/mol. The highest BCUT2D eigenvalue weighted by molar-refractivity contribution is 5.75. The minimum Gasteiger partial charge on any atom is -0.508 e. The predicted molar refractivity (Wildman–Crippen MR) is 65.2 cm³/mol. The molecule has 0 bridgehead atoms. The fourth-order valence-corrected chi connectivity index (χ4v) is 1.18. The van der Waals surface area contributed by atoms with Crippen LogP contribution in [0.25, 0.3) is 0 Å². The van der Waals surface area contributed by atoms with Crippen LogP contribution in [0.1, 0.15) is 20.7 Å². The van der Waals surface area contributed by atoms with E-state index in [-0.39, 0.29) is 11.3 Å². The molecule has 0 saturated heterocycles. The topological polar surface area (TPSA) is 54.4 Å².